The van der Waals surface area contributed by atoms with Gasteiger partial charge in [-0.25, -0.2) is 0 Å². The highest BCUT2D eigenvalue weighted by Gasteiger charge is 2.20. The molecule has 0 atom stereocenters. The van der Waals surface area contributed by atoms with Crippen LogP contribution in [0.25, 0.3) is 85.9 Å². The van der Waals surface area contributed by atoms with Gasteiger partial charge >= 0.3 is 0 Å². The van der Waals surface area contributed by atoms with Crippen LogP contribution in [0.4, 0.5) is 17.1 Å². The van der Waals surface area contributed by atoms with Crippen LogP contribution in [0, 0.1) is 0 Å². The number of benzene rings is 9. The maximum absolute atomic E-state index is 6.13. The molecule has 2 nitrogen and oxygen atoms in total. The molecule has 0 aliphatic carbocycles. The van der Waals surface area contributed by atoms with E-state index in [0.717, 1.165) is 38.9 Å². The molecular formula is C50H31NOS. The molecule has 0 bridgehead atoms. The zero-order valence-corrected chi connectivity index (χ0v) is 29.5. The molecule has 11 aromatic rings. The van der Waals surface area contributed by atoms with E-state index in [9.17, 15) is 0 Å². The van der Waals surface area contributed by atoms with Crippen molar-refractivity contribution in [3.8, 4) is 22.3 Å². The minimum atomic E-state index is 0.911. The van der Waals surface area contributed by atoms with E-state index in [4.69, 9.17) is 4.42 Å². The Hall–Kier alpha value is -6.68. The number of para-hydroxylation sites is 1. The summed E-state index contributed by atoms with van der Waals surface area (Å²) in [5.74, 6) is 0. The predicted molar refractivity (Wildman–Crippen MR) is 227 cm³/mol. The third-order valence-corrected chi connectivity index (χ3v) is 11.9. The van der Waals surface area contributed by atoms with Crippen LogP contribution in [-0.2, 0) is 0 Å². The van der Waals surface area contributed by atoms with Crippen LogP contribution in [0.1, 0.15) is 0 Å². The molecule has 0 unspecified atom stereocenters. The monoisotopic (exact) mass is 693 g/mol. The molecule has 0 spiro atoms. The van der Waals surface area contributed by atoms with Crippen molar-refractivity contribution in [1.29, 1.82) is 0 Å². The van der Waals surface area contributed by atoms with Gasteiger partial charge in [0.2, 0.25) is 0 Å². The topological polar surface area (TPSA) is 16.4 Å². The lowest BCUT2D eigenvalue weighted by atomic mass is 10.00. The summed E-state index contributed by atoms with van der Waals surface area (Å²) >= 11 is 1.89. The Morgan fingerprint density at radius 1 is 0.358 bits per heavy atom. The predicted octanol–water partition coefficient (Wildman–Crippen LogP) is 15.1. The van der Waals surface area contributed by atoms with Crippen molar-refractivity contribution in [2.45, 2.75) is 0 Å². The van der Waals surface area contributed by atoms with Crippen molar-refractivity contribution in [2.75, 3.05) is 4.90 Å². The summed E-state index contributed by atoms with van der Waals surface area (Å²) in [5, 5.41) is 9.83. The van der Waals surface area contributed by atoms with Crippen molar-refractivity contribution < 1.29 is 4.42 Å². The van der Waals surface area contributed by atoms with E-state index in [-0.39, 0.29) is 0 Å². The van der Waals surface area contributed by atoms with E-state index in [1.54, 1.807) is 0 Å². The van der Waals surface area contributed by atoms with Crippen molar-refractivity contribution in [1.82, 2.24) is 0 Å². The molecule has 3 heteroatoms. The van der Waals surface area contributed by atoms with Gasteiger partial charge in [-0.1, -0.05) is 140 Å². The molecule has 53 heavy (non-hydrogen) atoms. The van der Waals surface area contributed by atoms with E-state index >= 15 is 0 Å². The maximum Gasteiger partial charge on any atom is 0.135 e. The fourth-order valence-corrected chi connectivity index (χ4v) is 9.43. The first kappa shape index (κ1) is 30.0. The minimum absolute atomic E-state index is 0.911. The molecule has 2 heterocycles. The van der Waals surface area contributed by atoms with E-state index in [1.807, 2.05) is 23.5 Å². The van der Waals surface area contributed by atoms with Gasteiger partial charge in [0.15, 0.2) is 0 Å². The van der Waals surface area contributed by atoms with Gasteiger partial charge in [-0.3, -0.25) is 0 Å². The fourth-order valence-electron chi connectivity index (χ4n) is 8.09. The third kappa shape index (κ3) is 4.86. The van der Waals surface area contributed by atoms with Gasteiger partial charge in [0.05, 0.1) is 10.4 Å². The second-order valence-electron chi connectivity index (χ2n) is 13.7. The average molecular weight is 694 g/mol. The highest BCUT2D eigenvalue weighted by atomic mass is 32.1. The first-order valence-electron chi connectivity index (χ1n) is 18.0. The summed E-state index contributed by atoms with van der Waals surface area (Å²) in [4.78, 5) is 2.44. The van der Waals surface area contributed by atoms with Gasteiger partial charge in [0, 0.05) is 37.6 Å². The molecule has 11 rings (SSSR count). The molecule has 9 aromatic carbocycles. The van der Waals surface area contributed by atoms with Crippen molar-refractivity contribution in [2.24, 2.45) is 0 Å². The van der Waals surface area contributed by atoms with Crippen molar-refractivity contribution in [3.63, 3.8) is 0 Å². The zero-order chi connectivity index (χ0) is 34.9. The lowest BCUT2D eigenvalue weighted by Crippen LogP contribution is -2.10. The van der Waals surface area contributed by atoms with E-state index in [0.29, 0.717) is 0 Å². The highest BCUT2D eigenvalue weighted by molar-refractivity contribution is 7.27. The fraction of sp³-hybridized carbons (Fsp3) is 0. The molecule has 0 aliphatic rings. The number of fused-ring (bicyclic) bond motifs is 9. The Morgan fingerprint density at radius 3 is 1.87 bits per heavy atom. The van der Waals surface area contributed by atoms with Crippen LogP contribution in [0.15, 0.2) is 192 Å². The minimum Gasteiger partial charge on any atom is -0.456 e. The van der Waals surface area contributed by atoms with Crippen molar-refractivity contribution in [3.05, 3.63) is 188 Å². The van der Waals surface area contributed by atoms with Crippen LogP contribution < -0.4 is 4.90 Å². The van der Waals surface area contributed by atoms with E-state index < -0.39 is 0 Å². The van der Waals surface area contributed by atoms with Gasteiger partial charge in [0.1, 0.15) is 11.2 Å². The number of hydrogen-bond acceptors (Lipinski definition) is 3. The molecule has 0 saturated heterocycles. The SMILES string of the molecule is c1ccc(-c2cccc3c2sc2c(N(c4ccc(-c5ccc6oc7ccccc7c6c5)cc4)c4ccc5ccc6ccccc6c5c4)cccc23)cc1. The second kappa shape index (κ2) is 11.9. The van der Waals surface area contributed by atoms with Gasteiger partial charge in [-0.2, -0.15) is 0 Å². The quantitative estimate of drug-likeness (QED) is 0.167. The summed E-state index contributed by atoms with van der Waals surface area (Å²) in [7, 11) is 0. The van der Waals surface area contributed by atoms with Gasteiger partial charge < -0.3 is 9.32 Å². The van der Waals surface area contributed by atoms with E-state index in [2.05, 4.69) is 181 Å². The lowest BCUT2D eigenvalue weighted by Gasteiger charge is -2.27. The van der Waals surface area contributed by atoms with Crippen molar-refractivity contribution >= 4 is 92.1 Å². The molecule has 0 N–H and O–H groups in total. The summed E-state index contributed by atoms with van der Waals surface area (Å²) in [5.41, 5.74) is 10.1. The van der Waals surface area contributed by atoms with Gasteiger partial charge in [0.25, 0.3) is 0 Å². The summed E-state index contributed by atoms with van der Waals surface area (Å²) in [6.45, 7) is 0. The van der Waals surface area contributed by atoms with Gasteiger partial charge in [-0.15, -0.1) is 11.3 Å². The average Bonchev–Trinajstić information content (AvgIpc) is 3.80. The molecule has 2 aromatic heterocycles. The molecular weight excluding hydrogens is 663 g/mol. The standard InChI is InChI=1S/C50H31NOS/c1-2-10-33(11-3-1)40-15-8-16-42-43-17-9-18-46(50(43)53-49(40)42)51(38-28-24-35-21-20-34-12-4-5-13-39(34)44(35)31-38)37-26-22-32(23-27-37)36-25-29-48-45(30-36)41-14-6-7-19-47(41)52-48/h1-31H. The van der Waals surface area contributed by atoms with Crippen LogP contribution >= 0.6 is 11.3 Å². The summed E-state index contributed by atoms with van der Waals surface area (Å²) in [6.07, 6.45) is 0. The molecule has 0 aliphatic heterocycles. The smallest absolute Gasteiger partial charge is 0.135 e. The largest absolute Gasteiger partial charge is 0.456 e. The van der Waals surface area contributed by atoms with Crippen LogP contribution in [0.3, 0.4) is 0 Å². The molecule has 0 saturated carbocycles. The van der Waals surface area contributed by atoms with Crippen LogP contribution in [-0.4, -0.2) is 0 Å². The van der Waals surface area contributed by atoms with E-state index in [1.165, 1.54) is 64.1 Å². The van der Waals surface area contributed by atoms with Gasteiger partial charge in [-0.05, 0) is 92.3 Å². The summed E-state index contributed by atoms with van der Waals surface area (Å²) in [6, 6.07) is 68.1. The molecule has 0 fully saturated rings. The molecule has 0 amide bonds. The first-order valence-corrected chi connectivity index (χ1v) is 18.8. The number of rotatable bonds is 5. The maximum atomic E-state index is 6.13. The number of hydrogen-bond donors (Lipinski definition) is 0. The normalized spacial score (nSPS) is 11.8. The Balaban J connectivity index is 1.11. The first-order chi connectivity index (χ1) is 26.3. The lowest BCUT2D eigenvalue weighted by molar-refractivity contribution is 0.669. The molecule has 0 radical (unpaired) electrons. The Labute approximate surface area is 310 Å². The van der Waals surface area contributed by atoms with Crippen LogP contribution in [0.5, 0.6) is 0 Å². The Kier molecular flexibility index (Phi) is 6.76. The Bertz CT molecular complexity index is 3170. The number of thiophene rings is 1. The number of anilines is 3. The Morgan fingerprint density at radius 2 is 1.00 bits per heavy atom. The number of nitrogens with zero attached hydrogens (tertiary/aromatic N) is 1. The number of furan rings is 1. The highest BCUT2D eigenvalue weighted by Crippen LogP contribution is 2.48. The second-order valence-corrected chi connectivity index (χ2v) is 14.7. The molecule has 248 valence electrons. The third-order valence-electron chi connectivity index (χ3n) is 10.7. The zero-order valence-electron chi connectivity index (χ0n) is 28.7. The van der Waals surface area contributed by atoms with Crippen LogP contribution in [0.2, 0.25) is 0 Å². The summed E-state index contributed by atoms with van der Waals surface area (Å²) < 4.78 is 8.71.